The van der Waals surface area contributed by atoms with E-state index in [2.05, 4.69) is 0 Å². The Kier molecular flexibility index (Phi) is 4.73. The van der Waals surface area contributed by atoms with Crippen molar-refractivity contribution in [3.8, 4) is 0 Å². The van der Waals surface area contributed by atoms with Crippen LogP contribution in [0.2, 0.25) is 0 Å². The minimum Gasteiger partial charge on any atom is -0.399 e. The van der Waals surface area contributed by atoms with Crippen LogP contribution in [0.25, 0.3) is 0 Å². The van der Waals surface area contributed by atoms with E-state index in [0.29, 0.717) is 25.1 Å². The standard InChI is InChI=1S/C14H22N2O2/c1-14(2,18)8-9-16(3)13(17)10-11-4-6-12(15)7-5-11/h4-7,18H,8-10,15H2,1-3H3. The summed E-state index contributed by atoms with van der Waals surface area (Å²) in [6, 6.07) is 7.30. The van der Waals surface area contributed by atoms with Crippen molar-refractivity contribution in [2.24, 2.45) is 0 Å². The zero-order chi connectivity index (χ0) is 13.8. The summed E-state index contributed by atoms with van der Waals surface area (Å²) < 4.78 is 0. The molecule has 0 radical (unpaired) electrons. The van der Waals surface area contributed by atoms with Gasteiger partial charge in [-0.3, -0.25) is 4.79 Å². The molecule has 0 saturated carbocycles. The minimum absolute atomic E-state index is 0.0454. The summed E-state index contributed by atoms with van der Waals surface area (Å²) >= 11 is 0. The first kappa shape index (κ1) is 14.5. The van der Waals surface area contributed by atoms with Gasteiger partial charge in [-0.05, 0) is 38.0 Å². The first-order valence-electron chi connectivity index (χ1n) is 6.09. The van der Waals surface area contributed by atoms with Gasteiger partial charge in [0.15, 0.2) is 0 Å². The lowest BCUT2D eigenvalue weighted by Crippen LogP contribution is -2.33. The Bertz CT molecular complexity index is 393. The van der Waals surface area contributed by atoms with Gasteiger partial charge in [-0.1, -0.05) is 12.1 Å². The number of hydrogen-bond donors (Lipinski definition) is 2. The van der Waals surface area contributed by atoms with Crippen LogP contribution in [0.1, 0.15) is 25.8 Å². The number of benzene rings is 1. The Morgan fingerprint density at radius 3 is 2.39 bits per heavy atom. The van der Waals surface area contributed by atoms with E-state index in [0.717, 1.165) is 5.56 Å². The van der Waals surface area contributed by atoms with E-state index < -0.39 is 5.60 Å². The largest absolute Gasteiger partial charge is 0.399 e. The van der Waals surface area contributed by atoms with E-state index in [4.69, 9.17) is 5.73 Å². The highest BCUT2D eigenvalue weighted by atomic mass is 16.3. The Morgan fingerprint density at radius 2 is 1.89 bits per heavy atom. The van der Waals surface area contributed by atoms with E-state index in [-0.39, 0.29) is 5.91 Å². The molecular formula is C14H22N2O2. The van der Waals surface area contributed by atoms with E-state index in [9.17, 15) is 9.90 Å². The number of anilines is 1. The number of carbonyl (C=O) groups is 1. The number of likely N-dealkylation sites (N-methyl/N-ethyl adjacent to an activating group) is 1. The predicted octanol–water partition coefficient (Wildman–Crippen LogP) is 1.43. The molecule has 0 spiro atoms. The van der Waals surface area contributed by atoms with Crippen LogP contribution >= 0.6 is 0 Å². The minimum atomic E-state index is -0.740. The summed E-state index contributed by atoms with van der Waals surface area (Å²) in [5.41, 5.74) is 6.49. The molecule has 0 heterocycles. The summed E-state index contributed by atoms with van der Waals surface area (Å²) in [7, 11) is 1.76. The van der Waals surface area contributed by atoms with Crippen LogP contribution in [0.4, 0.5) is 5.69 Å². The van der Waals surface area contributed by atoms with Gasteiger partial charge in [0.2, 0.25) is 5.91 Å². The predicted molar refractivity (Wildman–Crippen MR) is 73.1 cm³/mol. The van der Waals surface area contributed by atoms with Crippen molar-refractivity contribution in [1.29, 1.82) is 0 Å². The lowest BCUT2D eigenvalue weighted by molar-refractivity contribution is -0.129. The second kappa shape index (κ2) is 5.87. The third-order valence-electron chi connectivity index (χ3n) is 2.82. The second-order valence-electron chi connectivity index (χ2n) is 5.30. The number of hydrogen-bond acceptors (Lipinski definition) is 3. The smallest absolute Gasteiger partial charge is 0.226 e. The quantitative estimate of drug-likeness (QED) is 0.777. The fourth-order valence-corrected chi connectivity index (χ4v) is 1.51. The molecule has 100 valence electrons. The van der Waals surface area contributed by atoms with Crippen LogP contribution in [0.15, 0.2) is 24.3 Å². The van der Waals surface area contributed by atoms with E-state index in [1.807, 2.05) is 12.1 Å². The van der Waals surface area contributed by atoms with Gasteiger partial charge in [0, 0.05) is 19.3 Å². The van der Waals surface area contributed by atoms with Crippen molar-refractivity contribution in [2.45, 2.75) is 32.3 Å². The molecule has 4 nitrogen and oxygen atoms in total. The van der Waals surface area contributed by atoms with Crippen molar-refractivity contribution in [3.05, 3.63) is 29.8 Å². The molecule has 0 saturated heterocycles. The third-order valence-corrected chi connectivity index (χ3v) is 2.82. The summed E-state index contributed by atoms with van der Waals surface area (Å²) in [5, 5.41) is 9.62. The maximum atomic E-state index is 11.9. The van der Waals surface area contributed by atoms with E-state index >= 15 is 0 Å². The van der Waals surface area contributed by atoms with Gasteiger partial charge in [-0.15, -0.1) is 0 Å². The molecule has 0 atom stereocenters. The number of nitrogens with zero attached hydrogens (tertiary/aromatic N) is 1. The molecule has 4 heteroatoms. The Labute approximate surface area is 108 Å². The highest BCUT2D eigenvalue weighted by Gasteiger charge is 2.16. The maximum absolute atomic E-state index is 11.9. The molecular weight excluding hydrogens is 228 g/mol. The molecule has 0 aliphatic rings. The zero-order valence-corrected chi connectivity index (χ0v) is 11.3. The van der Waals surface area contributed by atoms with Gasteiger partial charge in [-0.2, -0.15) is 0 Å². The molecule has 0 aliphatic carbocycles. The van der Waals surface area contributed by atoms with Gasteiger partial charge in [0.1, 0.15) is 0 Å². The van der Waals surface area contributed by atoms with Crippen LogP contribution in [0, 0.1) is 0 Å². The van der Waals surface area contributed by atoms with Crippen molar-refractivity contribution >= 4 is 11.6 Å². The Balaban J connectivity index is 2.47. The van der Waals surface area contributed by atoms with Crippen molar-refractivity contribution in [3.63, 3.8) is 0 Å². The highest BCUT2D eigenvalue weighted by Crippen LogP contribution is 2.10. The van der Waals surface area contributed by atoms with Crippen LogP contribution < -0.4 is 5.73 Å². The van der Waals surface area contributed by atoms with Crippen LogP contribution in [-0.4, -0.2) is 35.1 Å². The van der Waals surface area contributed by atoms with Gasteiger partial charge in [-0.25, -0.2) is 0 Å². The third kappa shape index (κ3) is 5.19. The molecule has 0 unspecified atom stereocenters. The van der Waals surface area contributed by atoms with Gasteiger partial charge < -0.3 is 15.7 Å². The van der Waals surface area contributed by atoms with Gasteiger partial charge >= 0.3 is 0 Å². The number of rotatable bonds is 5. The lowest BCUT2D eigenvalue weighted by Gasteiger charge is -2.23. The van der Waals surface area contributed by atoms with Crippen LogP contribution in [0.5, 0.6) is 0 Å². The number of amides is 1. The van der Waals surface area contributed by atoms with E-state index in [1.165, 1.54) is 0 Å². The van der Waals surface area contributed by atoms with Crippen LogP contribution in [0.3, 0.4) is 0 Å². The van der Waals surface area contributed by atoms with E-state index in [1.54, 1.807) is 37.9 Å². The summed E-state index contributed by atoms with van der Waals surface area (Å²) in [6.45, 7) is 4.04. The number of aliphatic hydroxyl groups is 1. The van der Waals surface area contributed by atoms with Gasteiger partial charge in [0.05, 0.1) is 12.0 Å². The second-order valence-corrected chi connectivity index (χ2v) is 5.30. The average Bonchev–Trinajstić information content (AvgIpc) is 2.28. The molecule has 1 aromatic carbocycles. The first-order valence-corrected chi connectivity index (χ1v) is 6.09. The normalized spacial score (nSPS) is 11.3. The Hall–Kier alpha value is -1.55. The molecule has 0 aromatic heterocycles. The fourth-order valence-electron chi connectivity index (χ4n) is 1.51. The number of nitrogens with two attached hydrogens (primary N) is 1. The zero-order valence-electron chi connectivity index (χ0n) is 11.3. The summed E-state index contributed by atoms with van der Waals surface area (Å²) in [4.78, 5) is 13.6. The topological polar surface area (TPSA) is 66.6 Å². The first-order chi connectivity index (χ1) is 8.28. The molecule has 1 rings (SSSR count). The van der Waals surface area contributed by atoms with Crippen molar-refractivity contribution < 1.29 is 9.90 Å². The maximum Gasteiger partial charge on any atom is 0.226 e. The van der Waals surface area contributed by atoms with Crippen molar-refractivity contribution in [1.82, 2.24) is 4.90 Å². The summed E-state index contributed by atoms with van der Waals surface area (Å²) in [6.07, 6.45) is 0.930. The average molecular weight is 250 g/mol. The molecule has 1 aromatic rings. The lowest BCUT2D eigenvalue weighted by atomic mass is 10.1. The summed E-state index contributed by atoms with van der Waals surface area (Å²) in [5.74, 6) is 0.0454. The fraction of sp³-hybridized carbons (Fsp3) is 0.500. The molecule has 0 bridgehead atoms. The monoisotopic (exact) mass is 250 g/mol. The molecule has 0 fully saturated rings. The van der Waals surface area contributed by atoms with Crippen LogP contribution in [-0.2, 0) is 11.2 Å². The van der Waals surface area contributed by atoms with Crippen molar-refractivity contribution in [2.75, 3.05) is 19.3 Å². The molecule has 1 amide bonds. The SMILES string of the molecule is CN(CCC(C)(C)O)C(=O)Cc1ccc(N)cc1. The molecule has 18 heavy (non-hydrogen) atoms. The number of carbonyl (C=O) groups excluding carboxylic acids is 1. The molecule has 3 N–H and O–H groups in total. The van der Waals surface area contributed by atoms with Gasteiger partial charge in [0.25, 0.3) is 0 Å². The number of nitrogen functional groups attached to an aromatic ring is 1. The highest BCUT2D eigenvalue weighted by molar-refractivity contribution is 5.78. The Morgan fingerprint density at radius 1 is 1.33 bits per heavy atom. The molecule has 0 aliphatic heterocycles.